The first-order valence-corrected chi connectivity index (χ1v) is 30.3. The molecule has 4 fully saturated rings. The zero-order valence-electron chi connectivity index (χ0n) is 53.6. The maximum Gasteiger partial charge on any atom is 0.329 e. The van der Waals surface area contributed by atoms with Gasteiger partial charge in [-0.3, -0.25) is 52.7 Å². The van der Waals surface area contributed by atoms with Crippen LogP contribution in [0.25, 0.3) is 22.6 Å². The van der Waals surface area contributed by atoms with Crippen molar-refractivity contribution in [1.29, 1.82) is 0 Å². The number of nitrogens with zero attached hydrogens (tertiary/aromatic N) is 7. The summed E-state index contributed by atoms with van der Waals surface area (Å²) in [5, 5.41) is 10.8. The first-order chi connectivity index (χ1) is 41.7. The molecule has 7 rings (SSSR count). The van der Waals surface area contributed by atoms with Crippen molar-refractivity contribution in [2.75, 3.05) is 54.4 Å². The monoisotopic (exact) mass is 1240 g/mol. The molecule has 1 aromatic carbocycles. The van der Waals surface area contributed by atoms with Crippen LogP contribution in [0.15, 0.2) is 27.4 Å². The highest BCUT2D eigenvalue weighted by atomic mass is 16.6. The van der Waals surface area contributed by atoms with Gasteiger partial charge in [0.15, 0.2) is 16.8 Å². The highest BCUT2D eigenvalue weighted by Crippen LogP contribution is 2.33. The van der Waals surface area contributed by atoms with Crippen molar-refractivity contribution in [2.45, 2.75) is 169 Å². The second kappa shape index (κ2) is 27.5. The maximum atomic E-state index is 15.0. The Balaban J connectivity index is 1.30. The van der Waals surface area contributed by atoms with Gasteiger partial charge >= 0.3 is 11.9 Å². The molecule has 484 valence electrons. The topological polar surface area (TPSA) is 334 Å². The minimum Gasteiger partial charge on any atom is -0.458 e. The first-order valence-electron chi connectivity index (χ1n) is 30.3. The number of fused-ring (bicyclic) bond motifs is 4. The molecule has 1 aliphatic carbocycles. The number of aryl methyl sites for hydroxylation is 1. The number of hydrogen-bond acceptors (Lipinski definition) is 17. The van der Waals surface area contributed by atoms with Gasteiger partial charge in [0, 0.05) is 52.9 Å². The van der Waals surface area contributed by atoms with E-state index >= 15 is 9.59 Å². The molecule has 4 saturated heterocycles. The van der Waals surface area contributed by atoms with Gasteiger partial charge < -0.3 is 64.6 Å². The largest absolute Gasteiger partial charge is 0.458 e. The molecular formula is C62H85N11O16. The molecular weight excluding hydrogens is 1150 g/mol. The van der Waals surface area contributed by atoms with Crippen LogP contribution in [0.5, 0.6) is 0 Å². The van der Waals surface area contributed by atoms with Crippen molar-refractivity contribution in [3.63, 3.8) is 0 Å². The molecule has 0 spiro atoms. The van der Waals surface area contributed by atoms with Crippen molar-refractivity contribution >= 4 is 82.1 Å². The normalized spacial score (nSPS) is 26.4. The molecule has 10 atom stereocenters. The van der Waals surface area contributed by atoms with Crippen LogP contribution in [0.3, 0.4) is 0 Å². The molecule has 0 bridgehead atoms. The zero-order chi connectivity index (χ0) is 66.1. The molecule has 0 saturated carbocycles. The highest BCUT2D eigenvalue weighted by molar-refractivity contribution is 6.09. The van der Waals surface area contributed by atoms with Gasteiger partial charge in [-0.15, -0.1) is 0 Å². The van der Waals surface area contributed by atoms with Crippen LogP contribution in [0.4, 0.5) is 0 Å². The summed E-state index contributed by atoms with van der Waals surface area (Å²) in [6.07, 6.45) is -1.55. The molecule has 4 unspecified atom stereocenters. The number of hydrogen-bond donors (Lipinski definition) is 4. The lowest BCUT2D eigenvalue weighted by molar-refractivity contribution is -0.163. The smallest absolute Gasteiger partial charge is 0.329 e. The highest BCUT2D eigenvalue weighted by Gasteiger charge is 2.46. The van der Waals surface area contributed by atoms with E-state index in [2.05, 4.69) is 21.3 Å². The van der Waals surface area contributed by atoms with Gasteiger partial charge in [-0.05, 0) is 88.7 Å². The second-order valence-corrected chi connectivity index (χ2v) is 25.3. The molecule has 89 heavy (non-hydrogen) atoms. The summed E-state index contributed by atoms with van der Waals surface area (Å²) in [6.45, 7) is 18.6. The van der Waals surface area contributed by atoms with Gasteiger partial charge in [-0.1, -0.05) is 61.5 Å². The number of carbonyl (C=O) groups excluding carboxylic acids is 12. The third kappa shape index (κ3) is 14.0. The van der Waals surface area contributed by atoms with Gasteiger partial charge in [-0.25, -0.2) is 14.6 Å². The van der Waals surface area contributed by atoms with Crippen LogP contribution < -0.4 is 26.7 Å². The van der Waals surface area contributed by atoms with Gasteiger partial charge in [0.25, 0.3) is 11.8 Å². The van der Waals surface area contributed by atoms with E-state index in [9.17, 15) is 52.7 Å². The van der Waals surface area contributed by atoms with Crippen molar-refractivity contribution in [3.05, 3.63) is 50.7 Å². The molecule has 0 aromatic heterocycles. The number of likely N-dealkylation sites (N-methyl/N-ethyl adjacent to an activating group) is 4. The standard InChI is InChI=1S/C62H85N11O16/c1-28(2)43-59(83)72-23-17-19-38(72)57(81)68(13)26-41(75)70(15)49(30(5)6)61(85)87-34(11)45(55(79)64-43)66-53(77)36-22-21-32(9)51-47(36)63-48-37(25-40(74)33(10)52(48)89-51)54(78)67-46-35(12)88-62(86)50(31(7)8)71(16)42(76)27-69(14)58(82)39-20-18-24-73(39)60(84)44(29(3)4)65-56(46)80/h21-22,25,28-31,34-35,38-39,43-46,49-50H,17-20,23-24,26-27H2,1-16H3,(H,64,79)(H,65,80)(H,66,77)(H,67,78)/t34-,35+,38-,39+,43?,44?,45?,46?,49+,50+/m1/s1. The average Bonchev–Trinajstić information content (AvgIpc) is 1.51. The molecule has 5 aliphatic heterocycles. The maximum absolute atomic E-state index is 15.0. The number of carbonyl (C=O) groups is 12. The van der Waals surface area contributed by atoms with E-state index in [0.29, 0.717) is 24.8 Å². The Kier molecular flexibility index (Phi) is 21.0. The number of amides is 10. The van der Waals surface area contributed by atoms with E-state index in [-0.39, 0.29) is 53.2 Å². The molecule has 0 radical (unpaired) electrons. The minimum atomic E-state index is -1.82. The third-order valence-electron chi connectivity index (χ3n) is 17.3. The number of rotatable bonds is 8. The Hall–Kier alpha value is -8.52. The van der Waals surface area contributed by atoms with Gasteiger partial charge in [0.2, 0.25) is 47.3 Å². The number of aromatic nitrogens is 1. The molecule has 6 aliphatic rings. The summed E-state index contributed by atoms with van der Waals surface area (Å²) in [4.78, 5) is 199. The van der Waals surface area contributed by atoms with Crippen LogP contribution in [0, 0.1) is 37.5 Å². The van der Waals surface area contributed by atoms with Crippen molar-refractivity contribution in [3.8, 4) is 11.5 Å². The van der Waals surface area contributed by atoms with Crippen LogP contribution in [0.1, 0.15) is 127 Å². The minimum absolute atomic E-state index is 0.0113. The van der Waals surface area contributed by atoms with E-state index in [1.807, 2.05) is 0 Å². The summed E-state index contributed by atoms with van der Waals surface area (Å²) in [7, 11) is 5.61. The van der Waals surface area contributed by atoms with Gasteiger partial charge in [-0.2, -0.15) is 0 Å². The zero-order valence-corrected chi connectivity index (χ0v) is 53.6. The summed E-state index contributed by atoms with van der Waals surface area (Å²) in [6, 6.07) is -6.73. The fourth-order valence-electron chi connectivity index (χ4n) is 12.1. The van der Waals surface area contributed by atoms with Gasteiger partial charge in [0.05, 0.1) is 24.2 Å². The van der Waals surface area contributed by atoms with Gasteiger partial charge in [0.1, 0.15) is 71.8 Å². The summed E-state index contributed by atoms with van der Waals surface area (Å²) < 4.78 is 18.3. The average molecular weight is 1240 g/mol. The van der Waals surface area contributed by atoms with Crippen LogP contribution in [-0.4, -0.2) is 220 Å². The van der Waals surface area contributed by atoms with E-state index < -0.39 is 179 Å². The number of benzene rings is 2. The lowest BCUT2D eigenvalue weighted by Gasteiger charge is -2.36. The van der Waals surface area contributed by atoms with E-state index in [0.717, 1.165) is 15.9 Å². The van der Waals surface area contributed by atoms with E-state index in [4.69, 9.17) is 18.9 Å². The molecule has 10 amide bonds. The van der Waals surface area contributed by atoms with Crippen molar-refractivity contribution in [1.82, 2.24) is 55.7 Å². The van der Waals surface area contributed by atoms with E-state index in [1.54, 1.807) is 62.3 Å². The third-order valence-corrected chi connectivity index (χ3v) is 17.3. The summed E-state index contributed by atoms with van der Waals surface area (Å²) >= 11 is 0. The number of ether oxygens (including phenoxy) is 2. The fourth-order valence-corrected chi connectivity index (χ4v) is 12.1. The van der Waals surface area contributed by atoms with Crippen molar-refractivity contribution in [2.24, 2.45) is 23.7 Å². The number of cyclic esters (lactones) is 2. The quantitative estimate of drug-likeness (QED) is 0.182. The Bertz CT molecular complexity index is 3360. The number of nitrogens with one attached hydrogen (secondary N) is 4. The lowest BCUT2D eigenvalue weighted by Crippen LogP contribution is -2.61. The Morgan fingerprint density at radius 3 is 1.40 bits per heavy atom. The fraction of sp³-hybridized carbons (Fsp3) is 0.613. The first kappa shape index (κ1) is 68.0. The van der Waals surface area contributed by atoms with Crippen LogP contribution in [-0.2, 0) is 57.4 Å². The SMILES string of the molecule is Cc1c2oc3c(C)ccc(C(=O)NC4C(=O)NC(C(C)C)C(=O)N5CCC[C@@H]5C(=O)N(C)CC(=O)N(C)[C@@H](C(C)C)C(=O)O[C@@H]4C)c3nc-2c(C(=O)NC2C(=O)NC(C(C)C)C(=O)N3CCC[C@H]3C(=O)N(C)CC(=O)N(C)[C@@H](C(C)C)C(=O)O[C@H]2C)cc1=O. The molecule has 4 N–H and O–H groups in total. The van der Waals surface area contributed by atoms with Crippen molar-refractivity contribution < 1.29 is 71.4 Å². The predicted molar refractivity (Wildman–Crippen MR) is 321 cm³/mol. The van der Waals surface area contributed by atoms with Crippen LogP contribution in [0.2, 0.25) is 0 Å². The lowest BCUT2D eigenvalue weighted by atomic mass is 9.99. The Labute approximate surface area is 516 Å². The molecule has 5 heterocycles. The molecule has 1 aromatic rings. The second-order valence-electron chi connectivity index (χ2n) is 25.3. The van der Waals surface area contributed by atoms with Crippen LogP contribution >= 0.6 is 0 Å². The predicted octanol–water partition coefficient (Wildman–Crippen LogP) is 1.14. The summed E-state index contributed by atoms with van der Waals surface area (Å²) in [5.74, 6) is -11.9. The molecule has 27 heteroatoms. The Morgan fingerprint density at radius 1 is 0.584 bits per heavy atom. The van der Waals surface area contributed by atoms with E-state index in [1.165, 1.54) is 80.7 Å². The molecule has 27 nitrogen and oxygen atoms in total. The number of esters is 2. The summed E-state index contributed by atoms with van der Waals surface area (Å²) in [5.41, 5.74) is -1.58. The Morgan fingerprint density at radius 2 is 1.00 bits per heavy atom.